The number of terminal acetylenes is 1. The van der Waals surface area contributed by atoms with Gasteiger partial charge in [0.15, 0.2) is 0 Å². The summed E-state index contributed by atoms with van der Waals surface area (Å²) in [7, 11) is -2.72. The molecule has 1 heterocycles. The lowest BCUT2D eigenvalue weighted by Crippen LogP contribution is -2.67. The number of aromatic nitrogens is 1. The van der Waals surface area contributed by atoms with Gasteiger partial charge in [0.2, 0.25) is 0 Å². The number of aryl methyl sites for hydroxylation is 1. The minimum Gasteiger partial charge on any atom is -0.416 e. The molecule has 0 bridgehead atoms. The van der Waals surface area contributed by atoms with Crippen LogP contribution in [0.4, 0.5) is 0 Å². The van der Waals surface area contributed by atoms with Gasteiger partial charge in [-0.15, -0.1) is 6.42 Å². The van der Waals surface area contributed by atoms with Crippen LogP contribution >= 0.6 is 0 Å². The molecule has 1 aromatic heterocycles. The molecule has 0 spiro atoms. The second kappa shape index (κ2) is 8.69. The smallest absolute Gasteiger partial charge is 0.416 e. The van der Waals surface area contributed by atoms with Crippen LogP contribution in [0.15, 0.2) is 82.3 Å². The molecule has 0 saturated carbocycles. The quantitative estimate of drug-likeness (QED) is 0.447. The number of hydrogen-bond donors (Lipinski definition) is 0. The standard InChI is InChI=1S/C24H27NO3Si/c1-5-20(16-17-25-18-19-27-23(25)26)28-29(24(2,3)4,21-12-8-6-9-13-21)22-14-10-7-11-15-22/h1,6-15,18-20H,16-17H2,2-4H3. The van der Waals surface area contributed by atoms with Gasteiger partial charge in [-0.05, 0) is 15.4 Å². The van der Waals surface area contributed by atoms with E-state index in [0.29, 0.717) is 13.0 Å². The Labute approximate surface area is 173 Å². The van der Waals surface area contributed by atoms with Crippen molar-refractivity contribution in [2.45, 2.75) is 44.9 Å². The Hall–Kier alpha value is -2.81. The molecular formula is C24H27NO3Si. The summed E-state index contributed by atoms with van der Waals surface area (Å²) < 4.78 is 13.3. The summed E-state index contributed by atoms with van der Waals surface area (Å²) in [4.78, 5) is 11.7. The molecule has 0 fully saturated rings. The lowest BCUT2D eigenvalue weighted by atomic mass is 10.2. The summed E-state index contributed by atoms with van der Waals surface area (Å²) in [6.45, 7) is 7.09. The summed E-state index contributed by atoms with van der Waals surface area (Å²) in [5, 5.41) is 2.20. The van der Waals surface area contributed by atoms with Crippen molar-refractivity contribution in [1.82, 2.24) is 4.57 Å². The fourth-order valence-corrected chi connectivity index (χ4v) is 8.42. The second-order valence-corrected chi connectivity index (χ2v) is 12.3. The predicted molar refractivity (Wildman–Crippen MR) is 119 cm³/mol. The maximum absolute atomic E-state index is 11.7. The highest BCUT2D eigenvalue weighted by molar-refractivity contribution is 6.99. The van der Waals surface area contributed by atoms with Crippen molar-refractivity contribution in [3.8, 4) is 12.3 Å². The number of oxazole rings is 1. The topological polar surface area (TPSA) is 44.4 Å². The SMILES string of the molecule is C#CC(CCn1ccoc1=O)O[Si](c1ccccc1)(c1ccccc1)C(C)(C)C. The molecule has 3 aromatic rings. The van der Waals surface area contributed by atoms with Crippen LogP contribution in [0.25, 0.3) is 0 Å². The molecule has 150 valence electrons. The highest BCUT2D eigenvalue weighted by atomic mass is 28.4. The van der Waals surface area contributed by atoms with Crippen LogP contribution in [0.1, 0.15) is 27.2 Å². The van der Waals surface area contributed by atoms with Gasteiger partial charge < -0.3 is 8.84 Å². The highest BCUT2D eigenvalue weighted by Crippen LogP contribution is 2.37. The van der Waals surface area contributed by atoms with Gasteiger partial charge in [0.25, 0.3) is 8.32 Å². The first-order chi connectivity index (χ1) is 13.9. The second-order valence-electron chi connectivity index (χ2n) is 8.09. The highest BCUT2D eigenvalue weighted by Gasteiger charge is 2.51. The van der Waals surface area contributed by atoms with Crippen molar-refractivity contribution in [1.29, 1.82) is 0 Å². The van der Waals surface area contributed by atoms with Crippen molar-refractivity contribution in [3.63, 3.8) is 0 Å². The minimum atomic E-state index is -2.72. The maximum atomic E-state index is 11.7. The summed E-state index contributed by atoms with van der Waals surface area (Å²) in [6, 6.07) is 20.8. The van der Waals surface area contributed by atoms with E-state index in [1.54, 1.807) is 6.20 Å². The van der Waals surface area contributed by atoms with E-state index in [1.807, 2.05) is 36.4 Å². The average Bonchev–Trinajstić information content (AvgIpc) is 3.13. The molecule has 3 rings (SSSR count). The van der Waals surface area contributed by atoms with Crippen LogP contribution < -0.4 is 16.1 Å². The average molecular weight is 406 g/mol. The van der Waals surface area contributed by atoms with Gasteiger partial charge in [-0.25, -0.2) is 4.79 Å². The van der Waals surface area contributed by atoms with Crippen LogP contribution in [0.3, 0.4) is 0 Å². The Kier molecular flexibility index (Phi) is 6.26. The normalized spacial score (nSPS) is 13.0. The summed E-state index contributed by atoms with van der Waals surface area (Å²) in [5.41, 5.74) is 0. The number of hydrogen-bond acceptors (Lipinski definition) is 3. The van der Waals surface area contributed by atoms with E-state index >= 15 is 0 Å². The van der Waals surface area contributed by atoms with E-state index in [0.717, 1.165) is 0 Å². The first-order valence-corrected chi connectivity index (χ1v) is 11.7. The van der Waals surface area contributed by atoms with Gasteiger partial charge in [0, 0.05) is 19.2 Å². The molecule has 29 heavy (non-hydrogen) atoms. The molecule has 0 aliphatic carbocycles. The van der Waals surface area contributed by atoms with Crippen molar-refractivity contribution >= 4 is 18.7 Å². The number of benzene rings is 2. The third-order valence-corrected chi connectivity index (χ3v) is 10.2. The largest absolute Gasteiger partial charge is 0.418 e. The lowest BCUT2D eigenvalue weighted by molar-refractivity contribution is 0.223. The zero-order valence-electron chi connectivity index (χ0n) is 17.2. The van der Waals surface area contributed by atoms with Crippen LogP contribution in [0.5, 0.6) is 0 Å². The maximum Gasteiger partial charge on any atom is 0.418 e. The fraction of sp³-hybridized carbons (Fsp3) is 0.292. The van der Waals surface area contributed by atoms with Crippen LogP contribution in [0.2, 0.25) is 5.04 Å². The van der Waals surface area contributed by atoms with Crippen molar-refractivity contribution in [2.75, 3.05) is 0 Å². The number of nitrogens with zero attached hydrogens (tertiary/aromatic N) is 1. The monoisotopic (exact) mass is 405 g/mol. The molecule has 1 unspecified atom stereocenters. The predicted octanol–water partition coefficient (Wildman–Crippen LogP) is 3.41. The van der Waals surface area contributed by atoms with Gasteiger partial charge >= 0.3 is 5.76 Å². The fourth-order valence-electron chi connectivity index (χ4n) is 3.79. The number of rotatable bonds is 7. The first kappa shape index (κ1) is 20.9. The molecular weight excluding hydrogens is 378 g/mol. The zero-order valence-corrected chi connectivity index (χ0v) is 18.2. The van der Waals surface area contributed by atoms with Crippen molar-refractivity contribution in [2.24, 2.45) is 0 Å². The Balaban J connectivity index is 2.03. The Morgan fingerprint density at radius 2 is 1.62 bits per heavy atom. The van der Waals surface area contributed by atoms with Crippen molar-refractivity contribution < 1.29 is 8.84 Å². The molecule has 4 nitrogen and oxygen atoms in total. The van der Waals surface area contributed by atoms with E-state index < -0.39 is 14.4 Å². The van der Waals surface area contributed by atoms with Gasteiger partial charge in [-0.3, -0.25) is 4.57 Å². The van der Waals surface area contributed by atoms with Gasteiger partial charge in [0.1, 0.15) is 12.4 Å². The van der Waals surface area contributed by atoms with Crippen LogP contribution in [-0.2, 0) is 11.0 Å². The minimum absolute atomic E-state index is 0.155. The van der Waals surface area contributed by atoms with E-state index in [1.165, 1.54) is 21.2 Å². The summed E-state index contributed by atoms with van der Waals surface area (Å²) in [6.07, 6.45) is 9.00. The third kappa shape index (κ3) is 4.29. The zero-order chi connectivity index (χ0) is 20.9. The van der Waals surface area contributed by atoms with Crippen molar-refractivity contribution in [3.05, 3.63) is 83.7 Å². The van der Waals surface area contributed by atoms with E-state index in [-0.39, 0.29) is 10.8 Å². The summed E-state index contributed by atoms with van der Waals surface area (Å²) in [5.74, 6) is 2.43. The molecule has 0 amide bonds. The van der Waals surface area contributed by atoms with Crippen LogP contribution in [0, 0.1) is 12.3 Å². The Bertz CT molecular complexity index is 970. The molecule has 2 aromatic carbocycles. The Morgan fingerprint density at radius 1 is 1.07 bits per heavy atom. The molecule has 0 saturated heterocycles. The molecule has 5 heteroatoms. The van der Waals surface area contributed by atoms with E-state index in [9.17, 15) is 4.79 Å². The molecule has 0 radical (unpaired) electrons. The molecule has 0 aliphatic rings. The molecule has 0 N–H and O–H groups in total. The van der Waals surface area contributed by atoms with Gasteiger partial charge in [-0.1, -0.05) is 87.4 Å². The first-order valence-electron chi connectivity index (χ1n) is 9.77. The third-order valence-electron chi connectivity index (χ3n) is 5.20. The van der Waals surface area contributed by atoms with E-state index in [2.05, 4.69) is 51.0 Å². The van der Waals surface area contributed by atoms with Crippen LogP contribution in [-0.4, -0.2) is 19.0 Å². The van der Waals surface area contributed by atoms with Gasteiger partial charge in [-0.2, -0.15) is 0 Å². The molecule has 0 aliphatic heterocycles. The summed E-state index contributed by atoms with van der Waals surface area (Å²) >= 11 is 0. The lowest BCUT2D eigenvalue weighted by Gasteiger charge is -2.44. The Morgan fingerprint density at radius 3 is 2.03 bits per heavy atom. The molecule has 1 atom stereocenters. The van der Waals surface area contributed by atoms with E-state index in [4.69, 9.17) is 15.3 Å². The van der Waals surface area contributed by atoms with Gasteiger partial charge in [0.05, 0.1) is 0 Å².